The lowest BCUT2D eigenvalue weighted by atomic mass is 9.95. The normalized spacial score (nSPS) is 23.7. The van der Waals surface area contributed by atoms with Crippen LogP contribution in [-0.4, -0.2) is 68.5 Å². The van der Waals surface area contributed by atoms with Crippen molar-refractivity contribution in [1.82, 2.24) is 4.90 Å². The Morgan fingerprint density at radius 2 is 1.97 bits per heavy atom. The molecule has 0 radical (unpaired) electrons. The first kappa shape index (κ1) is 22.3. The molecule has 2 aliphatic heterocycles. The highest BCUT2D eigenvalue weighted by Gasteiger charge is 2.31. The maximum absolute atomic E-state index is 12.8. The van der Waals surface area contributed by atoms with Gasteiger partial charge in [-0.3, -0.25) is 4.79 Å². The highest BCUT2D eigenvalue weighted by atomic mass is 32.2. The number of benzene rings is 1. The molecule has 6 nitrogen and oxygen atoms in total. The molecule has 2 aliphatic rings. The number of nitrogens with zero attached hydrogens (tertiary/aromatic N) is 1. The van der Waals surface area contributed by atoms with E-state index in [0.717, 1.165) is 50.1 Å². The third-order valence-corrected chi connectivity index (χ3v) is 9.06. The molecule has 29 heavy (non-hydrogen) atoms. The van der Waals surface area contributed by atoms with Gasteiger partial charge in [0.1, 0.15) is 0 Å². The second kappa shape index (κ2) is 10.1. The van der Waals surface area contributed by atoms with Crippen LogP contribution >= 0.6 is 11.8 Å². The van der Waals surface area contributed by atoms with E-state index in [4.69, 9.17) is 9.47 Å². The number of hydrogen-bond acceptors (Lipinski definition) is 6. The molecule has 0 saturated carbocycles. The minimum Gasteiger partial charge on any atom is -0.493 e. The molecule has 2 atom stereocenters. The van der Waals surface area contributed by atoms with Gasteiger partial charge in [0.25, 0.3) is 0 Å². The van der Waals surface area contributed by atoms with Crippen molar-refractivity contribution in [2.24, 2.45) is 0 Å². The fourth-order valence-corrected chi connectivity index (χ4v) is 7.69. The maximum Gasteiger partial charge on any atom is 0.232 e. The zero-order valence-corrected chi connectivity index (χ0v) is 18.9. The van der Waals surface area contributed by atoms with Crippen molar-refractivity contribution in [3.05, 3.63) is 23.8 Å². The molecular formula is C21H31NO5S2. The Morgan fingerprint density at radius 3 is 2.66 bits per heavy atom. The number of thioether (sulfide) groups is 1. The SMILES string of the molecule is COc1ccc(CCC2CCCCN2C(=O)CSC2CCS(=O)(=O)C2)cc1OC. The van der Waals surface area contributed by atoms with Crippen molar-refractivity contribution in [2.75, 3.05) is 38.0 Å². The van der Waals surface area contributed by atoms with Gasteiger partial charge in [0.2, 0.25) is 5.91 Å². The van der Waals surface area contributed by atoms with Crippen molar-refractivity contribution in [3.63, 3.8) is 0 Å². The van der Waals surface area contributed by atoms with Crippen LogP contribution in [0.1, 0.15) is 37.7 Å². The standard InChI is InChI=1S/C21H31NO5S2/c1-26-19-9-7-16(13-20(19)27-2)6-8-17-5-3-4-11-22(17)21(23)14-28-18-10-12-29(24,25)15-18/h7,9,13,17-18H,3-6,8,10-12,14-15H2,1-2H3. The average Bonchev–Trinajstić information content (AvgIpc) is 3.09. The number of methoxy groups -OCH3 is 2. The number of rotatable bonds is 8. The Kier molecular flexibility index (Phi) is 7.73. The Labute approximate surface area is 178 Å². The van der Waals surface area contributed by atoms with Crippen LogP contribution in [0.25, 0.3) is 0 Å². The first-order valence-corrected chi connectivity index (χ1v) is 13.1. The van der Waals surface area contributed by atoms with Gasteiger partial charge in [0, 0.05) is 17.8 Å². The van der Waals surface area contributed by atoms with Crippen LogP contribution in [0.15, 0.2) is 18.2 Å². The summed E-state index contributed by atoms with van der Waals surface area (Å²) < 4.78 is 33.9. The largest absolute Gasteiger partial charge is 0.493 e. The van der Waals surface area contributed by atoms with Crippen LogP contribution in [0.5, 0.6) is 11.5 Å². The molecule has 0 aromatic heterocycles. The number of ether oxygens (including phenoxy) is 2. The number of carbonyl (C=O) groups is 1. The summed E-state index contributed by atoms with van der Waals surface area (Å²) in [4.78, 5) is 14.9. The summed E-state index contributed by atoms with van der Waals surface area (Å²) in [5, 5.41) is 0.0685. The first-order valence-electron chi connectivity index (χ1n) is 10.2. The van der Waals surface area contributed by atoms with E-state index in [1.807, 2.05) is 23.1 Å². The molecule has 8 heteroatoms. The number of likely N-dealkylation sites (tertiary alicyclic amines) is 1. The second-order valence-electron chi connectivity index (χ2n) is 7.80. The lowest BCUT2D eigenvalue weighted by molar-refractivity contribution is -0.132. The number of piperidine rings is 1. The van der Waals surface area contributed by atoms with Crippen LogP contribution in [0.3, 0.4) is 0 Å². The summed E-state index contributed by atoms with van der Waals surface area (Å²) in [6.45, 7) is 0.805. The van der Waals surface area contributed by atoms with E-state index < -0.39 is 9.84 Å². The van der Waals surface area contributed by atoms with Gasteiger partial charge in [-0.2, -0.15) is 0 Å². The topological polar surface area (TPSA) is 72.9 Å². The van der Waals surface area contributed by atoms with E-state index in [0.29, 0.717) is 12.2 Å². The molecule has 1 aromatic carbocycles. The Balaban J connectivity index is 1.54. The highest BCUT2D eigenvalue weighted by Crippen LogP contribution is 2.30. The van der Waals surface area contributed by atoms with E-state index in [1.54, 1.807) is 14.2 Å². The molecule has 162 valence electrons. The Morgan fingerprint density at radius 1 is 1.17 bits per heavy atom. The lowest BCUT2D eigenvalue weighted by Crippen LogP contribution is -2.45. The van der Waals surface area contributed by atoms with Crippen LogP contribution in [0.2, 0.25) is 0 Å². The molecule has 2 heterocycles. The number of sulfone groups is 1. The van der Waals surface area contributed by atoms with Crippen molar-refractivity contribution in [3.8, 4) is 11.5 Å². The van der Waals surface area contributed by atoms with Crippen molar-refractivity contribution in [1.29, 1.82) is 0 Å². The Bertz CT molecular complexity index is 811. The van der Waals surface area contributed by atoms with Crippen LogP contribution in [0.4, 0.5) is 0 Å². The molecule has 2 fully saturated rings. The van der Waals surface area contributed by atoms with Gasteiger partial charge in [0.15, 0.2) is 21.3 Å². The molecule has 0 aliphatic carbocycles. The van der Waals surface area contributed by atoms with Gasteiger partial charge in [0.05, 0.1) is 31.5 Å². The van der Waals surface area contributed by atoms with Gasteiger partial charge in [-0.05, 0) is 56.2 Å². The summed E-state index contributed by atoms with van der Waals surface area (Å²) in [6, 6.07) is 6.22. The van der Waals surface area contributed by atoms with Crippen LogP contribution in [-0.2, 0) is 21.1 Å². The quantitative estimate of drug-likeness (QED) is 0.618. The van der Waals surface area contributed by atoms with E-state index in [1.165, 1.54) is 17.3 Å². The third kappa shape index (κ3) is 6.04. The molecule has 0 bridgehead atoms. The number of hydrogen-bond donors (Lipinski definition) is 0. The third-order valence-electron chi connectivity index (χ3n) is 5.79. The van der Waals surface area contributed by atoms with Gasteiger partial charge in [-0.15, -0.1) is 11.8 Å². The molecule has 1 aromatic rings. The summed E-state index contributed by atoms with van der Waals surface area (Å²) in [5.41, 5.74) is 1.17. The molecule has 2 unspecified atom stereocenters. The minimum atomic E-state index is -2.89. The molecule has 0 N–H and O–H groups in total. The molecule has 1 amide bonds. The molecule has 2 saturated heterocycles. The van der Waals surface area contributed by atoms with Gasteiger partial charge < -0.3 is 14.4 Å². The average molecular weight is 442 g/mol. The smallest absolute Gasteiger partial charge is 0.232 e. The number of carbonyl (C=O) groups excluding carboxylic acids is 1. The summed E-state index contributed by atoms with van der Waals surface area (Å²) >= 11 is 1.51. The predicted molar refractivity (Wildman–Crippen MR) is 117 cm³/mol. The van der Waals surface area contributed by atoms with E-state index in [9.17, 15) is 13.2 Å². The number of aryl methyl sites for hydroxylation is 1. The van der Waals surface area contributed by atoms with Crippen molar-refractivity contribution < 1.29 is 22.7 Å². The minimum absolute atomic E-state index is 0.0685. The zero-order valence-electron chi connectivity index (χ0n) is 17.3. The fraction of sp³-hybridized carbons (Fsp3) is 0.667. The van der Waals surface area contributed by atoms with Gasteiger partial charge in [-0.1, -0.05) is 6.07 Å². The van der Waals surface area contributed by atoms with Gasteiger partial charge in [-0.25, -0.2) is 8.42 Å². The fourth-order valence-electron chi connectivity index (χ4n) is 4.16. The van der Waals surface area contributed by atoms with Gasteiger partial charge >= 0.3 is 0 Å². The second-order valence-corrected chi connectivity index (χ2v) is 11.3. The number of amides is 1. The van der Waals surface area contributed by atoms with Crippen LogP contribution < -0.4 is 9.47 Å². The summed E-state index contributed by atoms with van der Waals surface area (Å²) in [6.07, 6.45) is 5.69. The van der Waals surface area contributed by atoms with Crippen LogP contribution in [0, 0.1) is 0 Å². The van der Waals surface area contributed by atoms with E-state index >= 15 is 0 Å². The molecule has 0 spiro atoms. The van der Waals surface area contributed by atoms with Crippen molar-refractivity contribution >= 4 is 27.5 Å². The molecule has 3 rings (SSSR count). The summed E-state index contributed by atoms with van der Waals surface area (Å²) in [7, 11) is 0.368. The predicted octanol–water partition coefficient (Wildman–Crippen LogP) is 2.94. The Hall–Kier alpha value is -1.41. The van der Waals surface area contributed by atoms with E-state index in [2.05, 4.69) is 0 Å². The zero-order chi connectivity index (χ0) is 20.9. The summed E-state index contributed by atoms with van der Waals surface area (Å²) in [5.74, 6) is 2.45. The highest BCUT2D eigenvalue weighted by molar-refractivity contribution is 8.02. The van der Waals surface area contributed by atoms with Crippen molar-refractivity contribution in [2.45, 2.75) is 49.8 Å². The molecular weight excluding hydrogens is 410 g/mol. The first-order chi connectivity index (χ1) is 13.9. The van der Waals surface area contributed by atoms with E-state index in [-0.39, 0.29) is 28.7 Å². The monoisotopic (exact) mass is 441 g/mol. The lowest BCUT2D eigenvalue weighted by Gasteiger charge is -2.36. The maximum atomic E-state index is 12.8.